The van der Waals surface area contributed by atoms with E-state index in [4.69, 9.17) is 10.5 Å². The Bertz CT molecular complexity index is 1300. The van der Waals surface area contributed by atoms with Crippen LogP contribution in [0, 0.1) is 11.8 Å². The number of fused-ring (bicyclic) bond motifs is 1. The molecule has 1 atom stereocenters. The van der Waals surface area contributed by atoms with Gasteiger partial charge in [0.2, 0.25) is 0 Å². The van der Waals surface area contributed by atoms with E-state index < -0.39 is 6.04 Å². The van der Waals surface area contributed by atoms with Crippen LogP contribution in [0.4, 0.5) is 11.5 Å². The molecule has 0 saturated carbocycles. The highest BCUT2D eigenvalue weighted by molar-refractivity contribution is 5.91. The highest BCUT2D eigenvalue weighted by Gasteiger charge is 2.21. The molecule has 166 valence electrons. The number of nitrogen functional groups attached to an aromatic ring is 1. The number of rotatable bonds is 5. The number of anilines is 2. The van der Waals surface area contributed by atoms with Crippen molar-refractivity contribution in [1.29, 1.82) is 0 Å². The van der Waals surface area contributed by atoms with Crippen LogP contribution in [0.5, 0.6) is 0 Å². The molecule has 1 fully saturated rings. The lowest BCUT2D eigenvalue weighted by Gasteiger charge is -2.29. The number of nitrogens with zero attached hydrogens (tertiary/aromatic N) is 3. The zero-order chi connectivity index (χ0) is 22.8. The number of ether oxygens (including phenoxy) is 1. The summed E-state index contributed by atoms with van der Waals surface area (Å²) < 4.78 is 5.48. The fourth-order valence-electron chi connectivity index (χ4n) is 4.64. The average Bonchev–Trinajstić information content (AvgIpc) is 2.85. The molecule has 0 amide bonds. The number of benzene rings is 3. The van der Waals surface area contributed by atoms with E-state index in [-0.39, 0.29) is 0 Å². The first-order valence-electron chi connectivity index (χ1n) is 11.2. The van der Waals surface area contributed by atoms with Gasteiger partial charge in [-0.25, -0.2) is 4.98 Å². The third kappa shape index (κ3) is 4.05. The lowest BCUT2D eigenvalue weighted by Crippen LogP contribution is -2.36. The Hall–Kier alpha value is -3.77. The Morgan fingerprint density at radius 1 is 1.00 bits per heavy atom. The molecular weight excluding hydrogens is 412 g/mol. The summed E-state index contributed by atoms with van der Waals surface area (Å²) in [6, 6.07) is 23.4. The molecule has 6 nitrogen and oxygen atoms in total. The average molecular weight is 439 g/mol. The summed E-state index contributed by atoms with van der Waals surface area (Å²) >= 11 is 0. The van der Waals surface area contributed by atoms with Crippen LogP contribution in [-0.4, -0.2) is 31.3 Å². The maximum absolute atomic E-state index is 12.0. The van der Waals surface area contributed by atoms with Gasteiger partial charge in [-0.2, -0.15) is 0 Å². The number of morpholine rings is 1. The summed E-state index contributed by atoms with van der Waals surface area (Å²) in [5, 5.41) is 4.51. The van der Waals surface area contributed by atoms with Crippen LogP contribution in [0.1, 0.15) is 22.7 Å². The second kappa shape index (κ2) is 9.00. The lowest BCUT2D eigenvalue weighted by atomic mass is 9.88. The smallest absolute Gasteiger partial charge is 0.147 e. The van der Waals surface area contributed by atoms with E-state index in [0.29, 0.717) is 19.0 Å². The number of aromatic nitrogens is 1. The minimum atomic E-state index is -0.578. The molecule has 2 N–H and O–H groups in total. The second-order valence-electron chi connectivity index (χ2n) is 8.36. The number of hydrogen-bond donors (Lipinski definition) is 1. The molecule has 1 saturated heterocycles. The Morgan fingerprint density at radius 2 is 1.79 bits per heavy atom. The van der Waals surface area contributed by atoms with Crippen molar-refractivity contribution in [3.63, 3.8) is 0 Å². The standard InChI is InChI=1S/C27H26N4O2/c1-18-6-5-9-22(26(30-32)19-7-3-2-4-8-19)25(18)20-10-11-23-21(16-20)17-24(27(28)29-23)31-12-14-33-15-13-31/h2-11,16-17,26H,12-15H2,1H3,(H2,28,29). The fraction of sp³-hybridized carbons (Fsp3) is 0.222. The molecule has 6 heteroatoms. The van der Waals surface area contributed by atoms with Gasteiger partial charge in [0.1, 0.15) is 11.9 Å². The fourth-order valence-corrected chi connectivity index (χ4v) is 4.64. The summed E-state index contributed by atoms with van der Waals surface area (Å²) in [7, 11) is 0. The van der Waals surface area contributed by atoms with Crippen molar-refractivity contribution in [3.8, 4) is 11.1 Å². The first kappa shape index (κ1) is 21.1. The summed E-state index contributed by atoms with van der Waals surface area (Å²) in [4.78, 5) is 18.9. The third-order valence-electron chi connectivity index (χ3n) is 6.28. The van der Waals surface area contributed by atoms with Crippen molar-refractivity contribution in [3.05, 3.63) is 94.4 Å². The van der Waals surface area contributed by atoms with Crippen LogP contribution in [-0.2, 0) is 4.74 Å². The maximum Gasteiger partial charge on any atom is 0.147 e. The van der Waals surface area contributed by atoms with Crippen LogP contribution in [0.25, 0.3) is 22.0 Å². The van der Waals surface area contributed by atoms with E-state index >= 15 is 0 Å². The van der Waals surface area contributed by atoms with Crippen LogP contribution in [0.15, 0.2) is 78.0 Å². The summed E-state index contributed by atoms with van der Waals surface area (Å²) in [5.74, 6) is 0.531. The molecule has 0 spiro atoms. The van der Waals surface area contributed by atoms with Crippen molar-refractivity contribution < 1.29 is 4.74 Å². The van der Waals surface area contributed by atoms with E-state index in [1.165, 1.54) is 0 Å². The maximum atomic E-state index is 12.0. The monoisotopic (exact) mass is 438 g/mol. The molecule has 0 aliphatic carbocycles. The van der Waals surface area contributed by atoms with Gasteiger partial charge < -0.3 is 15.4 Å². The molecule has 1 aromatic heterocycles. The van der Waals surface area contributed by atoms with Gasteiger partial charge in [0.15, 0.2) is 0 Å². The predicted octanol–water partition coefficient (Wildman–Crippen LogP) is 5.48. The largest absolute Gasteiger partial charge is 0.382 e. The van der Waals surface area contributed by atoms with Gasteiger partial charge in [0.05, 0.1) is 24.4 Å². The van der Waals surface area contributed by atoms with E-state index in [1.54, 1.807) is 0 Å². The zero-order valence-corrected chi connectivity index (χ0v) is 18.6. The first-order valence-corrected chi connectivity index (χ1v) is 11.2. The minimum absolute atomic E-state index is 0.531. The number of pyridine rings is 1. The molecule has 3 aromatic carbocycles. The van der Waals surface area contributed by atoms with E-state index in [2.05, 4.69) is 40.2 Å². The summed E-state index contributed by atoms with van der Waals surface area (Å²) in [6.45, 7) is 5.02. The highest BCUT2D eigenvalue weighted by Crippen LogP contribution is 2.38. The van der Waals surface area contributed by atoms with Crippen molar-refractivity contribution in [1.82, 2.24) is 4.98 Å². The van der Waals surface area contributed by atoms with Gasteiger partial charge in [-0.15, -0.1) is 4.91 Å². The second-order valence-corrected chi connectivity index (χ2v) is 8.36. The van der Waals surface area contributed by atoms with Gasteiger partial charge in [-0.05, 0) is 52.9 Å². The zero-order valence-electron chi connectivity index (χ0n) is 18.6. The number of nitrogens with two attached hydrogens (primary N) is 1. The van der Waals surface area contributed by atoms with Gasteiger partial charge >= 0.3 is 0 Å². The molecular formula is C27H26N4O2. The molecule has 33 heavy (non-hydrogen) atoms. The SMILES string of the molecule is Cc1cccc(C(N=O)c2ccccc2)c1-c1ccc2nc(N)c(N3CCOCC3)cc2c1. The molecule has 1 aliphatic rings. The quantitative estimate of drug-likeness (QED) is 0.417. The highest BCUT2D eigenvalue weighted by atomic mass is 16.5. The molecule has 2 heterocycles. The van der Waals surface area contributed by atoms with Crippen molar-refractivity contribution in [2.75, 3.05) is 36.9 Å². The number of aryl methyl sites for hydroxylation is 1. The molecule has 1 aliphatic heterocycles. The minimum Gasteiger partial charge on any atom is -0.382 e. The van der Waals surface area contributed by atoms with Gasteiger partial charge in [0, 0.05) is 18.5 Å². The molecule has 0 bridgehead atoms. The Kier molecular flexibility index (Phi) is 5.75. The van der Waals surface area contributed by atoms with E-state index in [0.717, 1.165) is 57.5 Å². The topological polar surface area (TPSA) is 80.8 Å². The van der Waals surface area contributed by atoms with Crippen LogP contribution >= 0.6 is 0 Å². The lowest BCUT2D eigenvalue weighted by molar-refractivity contribution is 0.123. The molecule has 5 rings (SSSR count). The van der Waals surface area contributed by atoms with Crippen LogP contribution < -0.4 is 10.6 Å². The van der Waals surface area contributed by atoms with Gasteiger partial charge in [0.25, 0.3) is 0 Å². The van der Waals surface area contributed by atoms with Crippen LogP contribution in [0.2, 0.25) is 0 Å². The van der Waals surface area contributed by atoms with Crippen molar-refractivity contribution in [2.24, 2.45) is 5.18 Å². The Balaban J connectivity index is 1.63. The Labute approximate surface area is 193 Å². The van der Waals surface area contributed by atoms with Crippen LogP contribution in [0.3, 0.4) is 0 Å². The summed E-state index contributed by atoms with van der Waals surface area (Å²) in [5.41, 5.74) is 13.0. The third-order valence-corrected chi connectivity index (χ3v) is 6.28. The molecule has 0 radical (unpaired) electrons. The van der Waals surface area contributed by atoms with Crippen molar-refractivity contribution >= 4 is 22.4 Å². The first-order chi connectivity index (χ1) is 16.2. The normalized spacial score (nSPS) is 14.9. The van der Waals surface area contributed by atoms with Gasteiger partial charge in [-0.1, -0.05) is 59.8 Å². The molecule has 1 unspecified atom stereocenters. The number of hydrogen-bond acceptors (Lipinski definition) is 6. The predicted molar refractivity (Wildman–Crippen MR) is 133 cm³/mol. The van der Waals surface area contributed by atoms with Crippen molar-refractivity contribution in [2.45, 2.75) is 13.0 Å². The molecule has 4 aromatic rings. The summed E-state index contributed by atoms with van der Waals surface area (Å²) in [6.07, 6.45) is 0. The Morgan fingerprint density at radius 3 is 2.55 bits per heavy atom. The number of nitroso groups, excluding NO2 is 1. The van der Waals surface area contributed by atoms with Gasteiger partial charge in [-0.3, -0.25) is 0 Å². The van der Waals surface area contributed by atoms with E-state index in [9.17, 15) is 4.91 Å². The van der Waals surface area contributed by atoms with E-state index in [1.807, 2.05) is 54.6 Å².